The summed E-state index contributed by atoms with van der Waals surface area (Å²) in [6, 6.07) is 77.4. The van der Waals surface area contributed by atoms with Crippen LogP contribution in [0, 0.1) is 0 Å². The lowest BCUT2D eigenvalue weighted by Crippen LogP contribution is -2.17. The van der Waals surface area contributed by atoms with Gasteiger partial charge in [0, 0.05) is 48.9 Å². The molecule has 0 N–H and O–H groups in total. The number of furan rings is 1. The average Bonchev–Trinajstić information content (AvgIpc) is 3.88. The molecule has 0 radical (unpaired) electrons. The molecular weight excluding hydrogens is 747 g/mol. The van der Waals surface area contributed by atoms with Gasteiger partial charge in [0.25, 0.3) is 0 Å². The zero-order chi connectivity index (χ0) is 39.6. The van der Waals surface area contributed by atoms with Gasteiger partial charge in [-0.1, -0.05) is 164 Å². The van der Waals surface area contributed by atoms with Gasteiger partial charge in [0.15, 0.2) is 0 Å². The van der Waals surface area contributed by atoms with Gasteiger partial charge >= 0.3 is 0 Å². The fourth-order valence-corrected chi connectivity index (χ4v) is 10.4. The highest BCUT2D eigenvalue weighted by Gasteiger charge is 2.20. The standard InChI is InChI=1S/C57H37NOS/c1-2-14-37(15-3-1)43-17-6-7-19-45(43)47-21-9-8-20-46(47)44-18-5-4-16-40(44)36-58(42-30-31-50-49-23-11-13-25-56(49)60-57(50)34-42)41-29-28-38-26-27-39-32-55-53(35-52(39)51(38)33-41)48-22-10-12-24-54(48)59-55/h1-35H,36H2. The third kappa shape index (κ3) is 5.78. The maximum Gasteiger partial charge on any atom is 0.136 e. The van der Waals surface area contributed by atoms with Crippen molar-refractivity contribution in [3.8, 4) is 33.4 Å². The minimum absolute atomic E-state index is 0.675. The van der Waals surface area contributed by atoms with Gasteiger partial charge in [0.2, 0.25) is 0 Å². The number of hydrogen-bond donors (Lipinski definition) is 0. The molecule has 0 saturated heterocycles. The van der Waals surface area contributed by atoms with Crippen molar-refractivity contribution in [1.82, 2.24) is 0 Å². The van der Waals surface area contributed by atoms with Crippen molar-refractivity contribution in [1.29, 1.82) is 0 Å². The monoisotopic (exact) mass is 783 g/mol. The van der Waals surface area contributed by atoms with Crippen LogP contribution >= 0.6 is 11.3 Å². The maximum absolute atomic E-state index is 6.32. The summed E-state index contributed by atoms with van der Waals surface area (Å²) in [6.07, 6.45) is 0. The Labute approximate surface area is 351 Å². The summed E-state index contributed by atoms with van der Waals surface area (Å²) in [7, 11) is 0. The van der Waals surface area contributed by atoms with E-state index in [0.717, 1.165) is 33.3 Å². The fourth-order valence-electron chi connectivity index (χ4n) is 9.27. The minimum Gasteiger partial charge on any atom is -0.456 e. The summed E-state index contributed by atoms with van der Waals surface area (Å²) in [5, 5.41) is 9.72. The zero-order valence-electron chi connectivity index (χ0n) is 32.7. The van der Waals surface area contributed by atoms with Crippen LogP contribution in [-0.2, 0) is 6.54 Å². The van der Waals surface area contributed by atoms with Crippen LogP contribution in [-0.4, -0.2) is 0 Å². The molecule has 12 rings (SSSR count). The van der Waals surface area contributed by atoms with Crippen molar-refractivity contribution in [2.24, 2.45) is 0 Å². The highest BCUT2D eigenvalue weighted by Crippen LogP contribution is 2.43. The van der Waals surface area contributed by atoms with Crippen LogP contribution in [0.4, 0.5) is 11.4 Å². The number of hydrogen-bond acceptors (Lipinski definition) is 3. The molecule has 0 atom stereocenters. The van der Waals surface area contributed by atoms with E-state index in [1.165, 1.54) is 80.7 Å². The van der Waals surface area contributed by atoms with E-state index in [2.05, 4.69) is 211 Å². The molecule has 0 aliphatic carbocycles. The molecule has 60 heavy (non-hydrogen) atoms. The van der Waals surface area contributed by atoms with Gasteiger partial charge in [-0.05, 0) is 109 Å². The Balaban J connectivity index is 1.04. The van der Waals surface area contributed by atoms with Gasteiger partial charge in [0.05, 0.1) is 0 Å². The molecule has 0 aliphatic rings. The molecule has 0 amide bonds. The van der Waals surface area contributed by atoms with Crippen molar-refractivity contribution < 1.29 is 4.42 Å². The minimum atomic E-state index is 0.675. The lowest BCUT2D eigenvalue weighted by Gasteiger charge is -2.27. The SMILES string of the molecule is c1ccc(-c2ccccc2-c2ccccc2-c2ccccc2CN(c2ccc3c(c2)sc2ccccc23)c2ccc3ccc4cc5oc6ccccc6c5cc4c3c2)cc1. The van der Waals surface area contributed by atoms with E-state index in [1.807, 2.05) is 17.4 Å². The molecule has 2 heterocycles. The van der Waals surface area contributed by atoms with Crippen molar-refractivity contribution >= 4 is 86.4 Å². The van der Waals surface area contributed by atoms with Gasteiger partial charge in [-0.3, -0.25) is 0 Å². The molecule has 10 aromatic carbocycles. The van der Waals surface area contributed by atoms with Crippen molar-refractivity contribution in [3.63, 3.8) is 0 Å². The maximum atomic E-state index is 6.32. The van der Waals surface area contributed by atoms with Crippen LogP contribution in [0.3, 0.4) is 0 Å². The largest absolute Gasteiger partial charge is 0.456 e. The highest BCUT2D eigenvalue weighted by molar-refractivity contribution is 7.25. The molecule has 0 unspecified atom stereocenters. The first kappa shape index (κ1) is 34.6. The molecule has 2 aromatic heterocycles. The van der Waals surface area contributed by atoms with E-state index >= 15 is 0 Å². The van der Waals surface area contributed by atoms with E-state index in [9.17, 15) is 0 Å². The van der Waals surface area contributed by atoms with Gasteiger partial charge in [-0.15, -0.1) is 11.3 Å². The zero-order valence-corrected chi connectivity index (χ0v) is 33.5. The van der Waals surface area contributed by atoms with Crippen LogP contribution in [0.25, 0.3) is 97.0 Å². The summed E-state index contributed by atoms with van der Waals surface area (Å²) in [4.78, 5) is 2.51. The molecule has 3 heteroatoms. The normalized spacial score (nSPS) is 11.7. The van der Waals surface area contributed by atoms with Crippen molar-refractivity contribution in [3.05, 3.63) is 218 Å². The number of rotatable bonds is 7. The number of thiophene rings is 1. The Kier molecular flexibility index (Phi) is 8.14. The third-order valence-electron chi connectivity index (χ3n) is 12.2. The molecule has 2 nitrogen and oxygen atoms in total. The van der Waals surface area contributed by atoms with Crippen LogP contribution in [0.1, 0.15) is 5.56 Å². The van der Waals surface area contributed by atoms with Crippen LogP contribution in [0.2, 0.25) is 0 Å². The third-order valence-corrected chi connectivity index (χ3v) is 13.3. The molecule has 0 spiro atoms. The fraction of sp³-hybridized carbons (Fsp3) is 0.0175. The quantitative estimate of drug-likeness (QED) is 0.150. The Hall–Kier alpha value is -7.46. The first-order chi connectivity index (χ1) is 29.7. The van der Waals surface area contributed by atoms with Gasteiger partial charge in [0.1, 0.15) is 11.2 Å². The van der Waals surface area contributed by atoms with Gasteiger partial charge in [-0.25, -0.2) is 0 Å². The van der Waals surface area contributed by atoms with Gasteiger partial charge in [-0.2, -0.15) is 0 Å². The van der Waals surface area contributed by atoms with E-state index in [0.29, 0.717) is 6.54 Å². The molecule has 282 valence electrons. The summed E-state index contributed by atoms with van der Waals surface area (Å²) in [5.41, 5.74) is 12.7. The Morgan fingerprint density at radius 1 is 0.350 bits per heavy atom. The van der Waals surface area contributed by atoms with E-state index in [1.54, 1.807) is 0 Å². The van der Waals surface area contributed by atoms with E-state index in [-0.39, 0.29) is 0 Å². The Morgan fingerprint density at radius 3 is 1.78 bits per heavy atom. The average molecular weight is 784 g/mol. The second kappa shape index (κ2) is 14.1. The van der Waals surface area contributed by atoms with E-state index < -0.39 is 0 Å². The number of para-hydroxylation sites is 1. The predicted octanol–water partition coefficient (Wildman–Crippen LogP) is 16.6. The van der Waals surface area contributed by atoms with Gasteiger partial charge < -0.3 is 9.32 Å². The molecule has 0 saturated carbocycles. The number of nitrogens with zero attached hydrogens (tertiary/aromatic N) is 1. The summed E-state index contributed by atoms with van der Waals surface area (Å²) in [5.74, 6) is 0. The molecule has 0 aliphatic heterocycles. The number of anilines is 2. The van der Waals surface area contributed by atoms with E-state index in [4.69, 9.17) is 4.42 Å². The molecule has 0 bridgehead atoms. The highest BCUT2D eigenvalue weighted by atomic mass is 32.1. The summed E-state index contributed by atoms with van der Waals surface area (Å²) >= 11 is 1.87. The summed E-state index contributed by atoms with van der Waals surface area (Å²) in [6.45, 7) is 0.675. The topological polar surface area (TPSA) is 16.4 Å². The molecule has 12 aromatic rings. The first-order valence-corrected chi connectivity index (χ1v) is 21.3. The number of fused-ring (bicyclic) bond motifs is 9. The van der Waals surface area contributed by atoms with Crippen LogP contribution in [0.5, 0.6) is 0 Å². The Morgan fingerprint density at radius 2 is 0.933 bits per heavy atom. The number of benzene rings is 10. The molecular formula is C57H37NOS. The predicted molar refractivity (Wildman–Crippen MR) is 257 cm³/mol. The molecule has 0 fully saturated rings. The smallest absolute Gasteiger partial charge is 0.136 e. The lowest BCUT2D eigenvalue weighted by atomic mass is 9.88. The second-order valence-electron chi connectivity index (χ2n) is 15.6. The van der Waals surface area contributed by atoms with Crippen molar-refractivity contribution in [2.75, 3.05) is 4.90 Å². The van der Waals surface area contributed by atoms with Crippen LogP contribution < -0.4 is 4.90 Å². The first-order valence-electron chi connectivity index (χ1n) is 20.5. The van der Waals surface area contributed by atoms with Crippen molar-refractivity contribution in [2.45, 2.75) is 6.54 Å². The second-order valence-corrected chi connectivity index (χ2v) is 16.7. The lowest BCUT2D eigenvalue weighted by molar-refractivity contribution is 0.669. The Bertz CT molecular complexity index is 3600. The summed E-state index contributed by atoms with van der Waals surface area (Å²) < 4.78 is 8.92. The van der Waals surface area contributed by atoms with Crippen LogP contribution in [0.15, 0.2) is 217 Å².